The fourth-order valence-corrected chi connectivity index (χ4v) is 2.31. The van der Waals surface area contributed by atoms with Gasteiger partial charge in [0.2, 0.25) is 0 Å². The van der Waals surface area contributed by atoms with Gasteiger partial charge >= 0.3 is 0 Å². The average Bonchev–Trinajstić information content (AvgIpc) is 2.43. The molecule has 0 bridgehead atoms. The maximum atomic E-state index is 11.2. The Morgan fingerprint density at radius 3 is 2.42 bits per heavy atom. The third-order valence-electron chi connectivity index (χ3n) is 3.32. The molecule has 0 atom stereocenters. The second-order valence-electron chi connectivity index (χ2n) is 4.88. The van der Waals surface area contributed by atoms with E-state index >= 15 is 0 Å². The molecule has 0 unspecified atom stereocenters. The zero-order chi connectivity index (χ0) is 13.8. The van der Waals surface area contributed by atoms with Crippen LogP contribution in [0.5, 0.6) is 0 Å². The van der Waals surface area contributed by atoms with Crippen molar-refractivity contribution in [2.24, 2.45) is 0 Å². The van der Waals surface area contributed by atoms with E-state index < -0.39 is 0 Å². The van der Waals surface area contributed by atoms with Gasteiger partial charge in [-0.1, -0.05) is 30.3 Å². The van der Waals surface area contributed by atoms with Crippen LogP contribution in [0.3, 0.4) is 0 Å². The molecule has 0 aromatic heterocycles. The SMILES string of the molecule is CN(C)c1ccc(CCC(=O)CO)c2ccccc12. The molecular formula is C16H19NO2. The molecule has 2 aromatic carbocycles. The molecule has 0 radical (unpaired) electrons. The van der Waals surface area contributed by atoms with Crippen molar-refractivity contribution in [1.29, 1.82) is 0 Å². The number of carbonyl (C=O) groups is 1. The first-order chi connectivity index (χ1) is 9.13. The molecule has 0 saturated heterocycles. The van der Waals surface area contributed by atoms with Crippen molar-refractivity contribution >= 4 is 22.2 Å². The van der Waals surface area contributed by atoms with E-state index in [9.17, 15) is 4.79 Å². The zero-order valence-electron chi connectivity index (χ0n) is 11.4. The number of aliphatic hydroxyl groups is 1. The minimum absolute atomic E-state index is 0.110. The van der Waals surface area contributed by atoms with Gasteiger partial charge in [-0.3, -0.25) is 4.79 Å². The number of hydrogen-bond acceptors (Lipinski definition) is 3. The lowest BCUT2D eigenvalue weighted by molar-refractivity contribution is -0.121. The van der Waals surface area contributed by atoms with Gasteiger partial charge in [0, 0.05) is 31.6 Å². The van der Waals surface area contributed by atoms with Gasteiger partial charge < -0.3 is 10.0 Å². The predicted octanol–water partition coefficient (Wildman–Crippen LogP) is 2.40. The van der Waals surface area contributed by atoms with Crippen LogP contribution in [0.25, 0.3) is 10.8 Å². The Hall–Kier alpha value is -1.87. The van der Waals surface area contributed by atoms with Crippen LogP contribution in [-0.2, 0) is 11.2 Å². The molecule has 19 heavy (non-hydrogen) atoms. The van der Waals surface area contributed by atoms with E-state index in [2.05, 4.69) is 29.2 Å². The molecule has 0 fully saturated rings. The summed E-state index contributed by atoms with van der Waals surface area (Å²) in [5, 5.41) is 11.2. The minimum Gasteiger partial charge on any atom is -0.389 e. The summed E-state index contributed by atoms with van der Waals surface area (Å²) in [6, 6.07) is 12.4. The standard InChI is InChI=1S/C16H19NO2/c1-17(2)16-10-8-12(7-9-13(19)11-18)14-5-3-4-6-15(14)16/h3-6,8,10,18H,7,9,11H2,1-2H3. The fourth-order valence-electron chi connectivity index (χ4n) is 2.31. The van der Waals surface area contributed by atoms with Gasteiger partial charge in [-0.15, -0.1) is 0 Å². The van der Waals surface area contributed by atoms with E-state index in [0.29, 0.717) is 12.8 Å². The Labute approximate surface area is 113 Å². The van der Waals surface area contributed by atoms with E-state index in [1.54, 1.807) is 0 Å². The van der Waals surface area contributed by atoms with Crippen molar-refractivity contribution in [3.8, 4) is 0 Å². The zero-order valence-corrected chi connectivity index (χ0v) is 11.4. The average molecular weight is 257 g/mol. The number of carbonyl (C=O) groups excluding carboxylic acids is 1. The van der Waals surface area contributed by atoms with E-state index in [1.807, 2.05) is 26.2 Å². The van der Waals surface area contributed by atoms with Gasteiger partial charge in [-0.05, 0) is 23.4 Å². The smallest absolute Gasteiger partial charge is 0.158 e. The van der Waals surface area contributed by atoms with Crippen LogP contribution >= 0.6 is 0 Å². The Morgan fingerprint density at radius 1 is 1.11 bits per heavy atom. The van der Waals surface area contributed by atoms with Crippen molar-refractivity contribution in [3.05, 3.63) is 42.0 Å². The maximum Gasteiger partial charge on any atom is 0.158 e. The molecule has 0 spiro atoms. The van der Waals surface area contributed by atoms with Crippen LogP contribution in [0.15, 0.2) is 36.4 Å². The highest BCUT2D eigenvalue weighted by Crippen LogP contribution is 2.29. The van der Waals surface area contributed by atoms with Crippen LogP contribution in [0.4, 0.5) is 5.69 Å². The van der Waals surface area contributed by atoms with E-state index in [4.69, 9.17) is 5.11 Å². The molecule has 0 aliphatic heterocycles. The van der Waals surface area contributed by atoms with Gasteiger partial charge in [0.1, 0.15) is 6.61 Å². The van der Waals surface area contributed by atoms with E-state index in [1.165, 1.54) is 16.5 Å². The van der Waals surface area contributed by atoms with Crippen LogP contribution in [0.2, 0.25) is 0 Å². The van der Waals surface area contributed by atoms with E-state index in [-0.39, 0.29) is 12.4 Å². The van der Waals surface area contributed by atoms with Gasteiger partial charge in [0.15, 0.2) is 5.78 Å². The highest BCUT2D eigenvalue weighted by molar-refractivity contribution is 5.96. The number of ketones is 1. The third-order valence-corrected chi connectivity index (χ3v) is 3.32. The van der Waals surface area contributed by atoms with E-state index in [0.717, 1.165) is 5.56 Å². The number of rotatable bonds is 5. The van der Waals surface area contributed by atoms with Crippen LogP contribution < -0.4 is 4.90 Å². The fraction of sp³-hybridized carbons (Fsp3) is 0.312. The number of anilines is 1. The Morgan fingerprint density at radius 2 is 1.79 bits per heavy atom. The second kappa shape index (κ2) is 5.85. The predicted molar refractivity (Wildman–Crippen MR) is 78.7 cm³/mol. The first-order valence-electron chi connectivity index (χ1n) is 6.44. The molecule has 1 N–H and O–H groups in total. The molecule has 0 aliphatic rings. The van der Waals surface area contributed by atoms with Crippen molar-refractivity contribution in [2.75, 3.05) is 25.6 Å². The quantitative estimate of drug-likeness (QED) is 0.894. The van der Waals surface area contributed by atoms with Gasteiger partial charge in [-0.25, -0.2) is 0 Å². The lowest BCUT2D eigenvalue weighted by Gasteiger charge is -2.17. The van der Waals surface area contributed by atoms with Crippen molar-refractivity contribution in [2.45, 2.75) is 12.8 Å². The monoisotopic (exact) mass is 257 g/mol. The van der Waals surface area contributed by atoms with Gasteiger partial charge in [0.05, 0.1) is 0 Å². The summed E-state index contributed by atoms with van der Waals surface area (Å²) < 4.78 is 0. The lowest BCUT2D eigenvalue weighted by atomic mass is 9.98. The van der Waals surface area contributed by atoms with Crippen molar-refractivity contribution in [1.82, 2.24) is 0 Å². The van der Waals surface area contributed by atoms with Crippen molar-refractivity contribution < 1.29 is 9.90 Å². The molecule has 2 aromatic rings. The minimum atomic E-state index is -0.367. The topological polar surface area (TPSA) is 40.5 Å². The highest BCUT2D eigenvalue weighted by atomic mass is 16.3. The molecule has 0 amide bonds. The number of hydrogen-bond donors (Lipinski definition) is 1. The first kappa shape index (κ1) is 13.6. The Balaban J connectivity index is 2.41. The van der Waals surface area contributed by atoms with Crippen LogP contribution in [-0.4, -0.2) is 31.6 Å². The summed E-state index contributed by atoms with van der Waals surface area (Å²) in [4.78, 5) is 13.3. The molecule has 3 heteroatoms. The number of Topliss-reactive ketones (excluding diaryl/α,β-unsaturated/α-hetero) is 1. The molecule has 100 valence electrons. The highest BCUT2D eigenvalue weighted by Gasteiger charge is 2.08. The summed E-state index contributed by atoms with van der Waals surface area (Å²) in [6.07, 6.45) is 1.06. The molecule has 0 saturated carbocycles. The van der Waals surface area contributed by atoms with Gasteiger partial charge in [-0.2, -0.15) is 0 Å². The summed E-state index contributed by atoms with van der Waals surface area (Å²) in [5.74, 6) is -0.110. The number of fused-ring (bicyclic) bond motifs is 1. The number of benzene rings is 2. The lowest BCUT2D eigenvalue weighted by Crippen LogP contribution is -2.10. The largest absolute Gasteiger partial charge is 0.389 e. The second-order valence-corrected chi connectivity index (χ2v) is 4.88. The number of nitrogens with zero attached hydrogens (tertiary/aromatic N) is 1. The number of aliphatic hydroxyl groups excluding tert-OH is 1. The molecule has 0 heterocycles. The summed E-state index contributed by atoms with van der Waals surface area (Å²) in [6.45, 7) is -0.367. The molecule has 3 nitrogen and oxygen atoms in total. The number of aryl methyl sites for hydroxylation is 1. The molecule has 2 rings (SSSR count). The van der Waals surface area contributed by atoms with Crippen LogP contribution in [0.1, 0.15) is 12.0 Å². The molecule has 0 aliphatic carbocycles. The van der Waals surface area contributed by atoms with Gasteiger partial charge in [0.25, 0.3) is 0 Å². The first-order valence-corrected chi connectivity index (χ1v) is 6.44. The Bertz CT molecular complexity index is 590. The maximum absolute atomic E-state index is 11.2. The van der Waals surface area contributed by atoms with Crippen LogP contribution in [0, 0.1) is 0 Å². The van der Waals surface area contributed by atoms with Crippen molar-refractivity contribution in [3.63, 3.8) is 0 Å². The summed E-state index contributed by atoms with van der Waals surface area (Å²) >= 11 is 0. The Kier molecular flexibility index (Phi) is 4.17. The summed E-state index contributed by atoms with van der Waals surface area (Å²) in [7, 11) is 4.05. The third kappa shape index (κ3) is 2.93. The normalized spacial score (nSPS) is 10.7. The summed E-state index contributed by atoms with van der Waals surface area (Å²) in [5.41, 5.74) is 2.33. The molecular weight excluding hydrogens is 238 g/mol.